The molecule has 1 heteroatoms. The van der Waals surface area contributed by atoms with Gasteiger partial charge < -0.3 is 4.74 Å². The average molecular weight is 206 g/mol. The third-order valence-electron chi connectivity index (χ3n) is 2.72. The fraction of sp³-hybridized carbons (Fsp3) is 0.571. The molecular formula is C14H22O. The van der Waals surface area contributed by atoms with Gasteiger partial charge in [0.25, 0.3) is 0 Å². The number of aryl methyl sites for hydroxylation is 2. The van der Waals surface area contributed by atoms with Gasteiger partial charge >= 0.3 is 0 Å². The summed E-state index contributed by atoms with van der Waals surface area (Å²) in [6, 6.07) is 6.51. The van der Waals surface area contributed by atoms with Crippen molar-refractivity contribution in [1.29, 1.82) is 0 Å². The molecule has 0 N–H and O–H groups in total. The highest BCUT2D eigenvalue weighted by atomic mass is 16.5. The second-order valence-electron chi connectivity index (χ2n) is 4.59. The molecule has 0 spiro atoms. The van der Waals surface area contributed by atoms with Crippen LogP contribution in [0.1, 0.15) is 37.8 Å². The summed E-state index contributed by atoms with van der Waals surface area (Å²) in [6.45, 7) is 6.63. The molecule has 0 radical (unpaired) electrons. The summed E-state index contributed by atoms with van der Waals surface area (Å²) in [5, 5.41) is 0. The lowest BCUT2D eigenvalue weighted by atomic mass is 10.0. The number of hydrogen-bond donors (Lipinski definition) is 0. The molecule has 0 aliphatic rings. The first-order valence-electron chi connectivity index (χ1n) is 5.77. The maximum absolute atomic E-state index is 5.31. The maximum Gasteiger partial charge on any atom is 0.122 e. The zero-order valence-corrected chi connectivity index (χ0v) is 10.3. The molecule has 1 rings (SSSR count). The van der Waals surface area contributed by atoms with Crippen LogP contribution >= 0.6 is 0 Å². The van der Waals surface area contributed by atoms with E-state index in [1.54, 1.807) is 7.11 Å². The smallest absolute Gasteiger partial charge is 0.122 e. The van der Waals surface area contributed by atoms with Gasteiger partial charge in [-0.2, -0.15) is 0 Å². The zero-order valence-electron chi connectivity index (χ0n) is 10.3. The quantitative estimate of drug-likeness (QED) is 0.708. The number of hydrogen-bond acceptors (Lipinski definition) is 1. The van der Waals surface area contributed by atoms with Gasteiger partial charge in [0.1, 0.15) is 5.75 Å². The third kappa shape index (κ3) is 3.94. The summed E-state index contributed by atoms with van der Waals surface area (Å²) in [6.07, 6.45) is 3.73. The van der Waals surface area contributed by atoms with Crippen molar-refractivity contribution in [3.63, 3.8) is 0 Å². The second-order valence-corrected chi connectivity index (χ2v) is 4.59. The van der Waals surface area contributed by atoms with Crippen LogP contribution in [0.4, 0.5) is 0 Å². The Morgan fingerprint density at radius 3 is 2.60 bits per heavy atom. The highest BCUT2D eigenvalue weighted by Gasteiger charge is 2.01. The molecule has 0 aliphatic carbocycles. The van der Waals surface area contributed by atoms with Gasteiger partial charge in [-0.05, 0) is 42.9 Å². The normalized spacial score (nSPS) is 10.7. The summed E-state index contributed by atoms with van der Waals surface area (Å²) >= 11 is 0. The minimum Gasteiger partial charge on any atom is -0.496 e. The zero-order chi connectivity index (χ0) is 11.3. The number of ether oxygens (including phenoxy) is 1. The predicted molar refractivity (Wildman–Crippen MR) is 65.5 cm³/mol. The van der Waals surface area contributed by atoms with Crippen LogP contribution < -0.4 is 4.74 Å². The van der Waals surface area contributed by atoms with Crippen LogP contribution in [0.25, 0.3) is 0 Å². The van der Waals surface area contributed by atoms with E-state index in [1.165, 1.54) is 24.0 Å². The summed E-state index contributed by atoms with van der Waals surface area (Å²) < 4.78 is 5.31. The Morgan fingerprint density at radius 1 is 1.27 bits per heavy atom. The third-order valence-corrected chi connectivity index (χ3v) is 2.72. The Bertz CT molecular complexity index is 302. The van der Waals surface area contributed by atoms with Crippen LogP contribution in [0.3, 0.4) is 0 Å². The summed E-state index contributed by atoms with van der Waals surface area (Å²) in [4.78, 5) is 0. The van der Waals surface area contributed by atoms with Crippen LogP contribution in [0, 0.1) is 12.8 Å². The molecule has 0 saturated carbocycles. The molecule has 0 saturated heterocycles. The van der Waals surface area contributed by atoms with Crippen LogP contribution in [0.5, 0.6) is 5.75 Å². The number of methoxy groups -OCH3 is 1. The highest BCUT2D eigenvalue weighted by molar-refractivity contribution is 5.36. The van der Waals surface area contributed by atoms with Crippen LogP contribution in [0.15, 0.2) is 18.2 Å². The fourth-order valence-corrected chi connectivity index (χ4v) is 1.73. The molecule has 1 aromatic carbocycles. The van der Waals surface area contributed by atoms with Gasteiger partial charge in [0.2, 0.25) is 0 Å². The van der Waals surface area contributed by atoms with E-state index in [-0.39, 0.29) is 0 Å². The van der Waals surface area contributed by atoms with Crippen LogP contribution in [0.2, 0.25) is 0 Å². The van der Waals surface area contributed by atoms with E-state index in [1.807, 2.05) is 0 Å². The van der Waals surface area contributed by atoms with E-state index in [4.69, 9.17) is 4.74 Å². The molecule has 0 amide bonds. The van der Waals surface area contributed by atoms with E-state index < -0.39 is 0 Å². The van der Waals surface area contributed by atoms with Crippen molar-refractivity contribution in [3.05, 3.63) is 29.3 Å². The first-order chi connectivity index (χ1) is 7.13. The summed E-state index contributed by atoms with van der Waals surface area (Å²) in [5.41, 5.74) is 2.60. The maximum atomic E-state index is 5.31. The SMILES string of the molecule is COc1cc(CCCC(C)C)ccc1C. The van der Waals surface area contributed by atoms with E-state index in [0.29, 0.717) is 0 Å². The largest absolute Gasteiger partial charge is 0.496 e. The lowest BCUT2D eigenvalue weighted by Gasteiger charge is -2.08. The van der Waals surface area contributed by atoms with E-state index in [9.17, 15) is 0 Å². The minimum absolute atomic E-state index is 0.803. The molecular weight excluding hydrogens is 184 g/mol. The summed E-state index contributed by atoms with van der Waals surface area (Å²) in [7, 11) is 1.74. The van der Waals surface area contributed by atoms with Crippen molar-refractivity contribution in [2.45, 2.75) is 40.0 Å². The highest BCUT2D eigenvalue weighted by Crippen LogP contribution is 2.20. The standard InChI is InChI=1S/C14H22O/c1-11(2)6-5-7-13-9-8-12(3)14(10-13)15-4/h8-11H,5-7H2,1-4H3. The Morgan fingerprint density at radius 2 is 2.00 bits per heavy atom. The van der Waals surface area contributed by atoms with Gasteiger partial charge in [-0.15, -0.1) is 0 Å². The Balaban J connectivity index is 2.54. The van der Waals surface area contributed by atoms with Crippen molar-refractivity contribution in [2.75, 3.05) is 7.11 Å². The second kappa shape index (κ2) is 5.79. The van der Waals surface area contributed by atoms with Gasteiger partial charge in [-0.1, -0.05) is 32.4 Å². The van der Waals surface area contributed by atoms with Crippen molar-refractivity contribution < 1.29 is 4.74 Å². The van der Waals surface area contributed by atoms with Crippen molar-refractivity contribution in [2.24, 2.45) is 5.92 Å². The molecule has 1 nitrogen and oxygen atoms in total. The Hall–Kier alpha value is -0.980. The van der Waals surface area contributed by atoms with Crippen molar-refractivity contribution in [1.82, 2.24) is 0 Å². The average Bonchev–Trinajstić information content (AvgIpc) is 2.20. The lowest BCUT2D eigenvalue weighted by Crippen LogP contribution is -1.93. The molecule has 0 aliphatic heterocycles. The van der Waals surface area contributed by atoms with E-state index >= 15 is 0 Å². The number of rotatable bonds is 5. The Labute approximate surface area is 93.5 Å². The molecule has 0 aromatic heterocycles. The topological polar surface area (TPSA) is 9.23 Å². The molecule has 0 heterocycles. The van der Waals surface area contributed by atoms with E-state index in [2.05, 4.69) is 39.0 Å². The fourth-order valence-electron chi connectivity index (χ4n) is 1.73. The van der Waals surface area contributed by atoms with Crippen LogP contribution in [-0.4, -0.2) is 7.11 Å². The molecule has 1 aromatic rings. The number of benzene rings is 1. The van der Waals surface area contributed by atoms with Gasteiger partial charge in [0.15, 0.2) is 0 Å². The summed E-state index contributed by atoms with van der Waals surface area (Å²) in [5.74, 6) is 1.81. The molecule has 0 unspecified atom stereocenters. The molecule has 0 atom stereocenters. The first kappa shape index (κ1) is 12.1. The molecule has 15 heavy (non-hydrogen) atoms. The monoisotopic (exact) mass is 206 g/mol. The van der Waals surface area contributed by atoms with Crippen molar-refractivity contribution >= 4 is 0 Å². The molecule has 84 valence electrons. The predicted octanol–water partition coefficient (Wildman–Crippen LogP) is 3.98. The van der Waals surface area contributed by atoms with Crippen LogP contribution in [-0.2, 0) is 6.42 Å². The first-order valence-corrected chi connectivity index (χ1v) is 5.77. The van der Waals surface area contributed by atoms with Gasteiger partial charge in [-0.3, -0.25) is 0 Å². The van der Waals surface area contributed by atoms with Gasteiger partial charge in [-0.25, -0.2) is 0 Å². The van der Waals surface area contributed by atoms with Gasteiger partial charge in [0, 0.05) is 0 Å². The lowest BCUT2D eigenvalue weighted by molar-refractivity contribution is 0.411. The van der Waals surface area contributed by atoms with Gasteiger partial charge in [0.05, 0.1) is 7.11 Å². The molecule has 0 fully saturated rings. The van der Waals surface area contributed by atoms with E-state index in [0.717, 1.165) is 18.1 Å². The van der Waals surface area contributed by atoms with Crippen molar-refractivity contribution in [3.8, 4) is 5.75 Å². The molecule has 0 bridgehead atoms. The minimum atomic E-state index is 0.803. The Kier molecular flexibility index (Phi) is 4.67.